The maximum Gasteiger partial charge on any atom is 0.501 e. The molecule has 0 amide bonds. The second-order valence-electron chi connectivity index (χ2n) is 5.06. The molecule has 2 heterocycles. The highest BCUT2D eigenvalue weighted by Gasteiger charge is 2.35. The third-order valence-electron chi connectivity index (χ3n) is 3.67. The van der Waals surface area contributed by atoms with Crippen molar-refractivity contribution in [3.63, 3.8) is 0 Å². The van der Waals surface area contributed by atoms with Gasteiger partial charge in [0.2, 0.25) is 10.0 Å². The van der Waals surface area contributed by atoms with E-state index in [1.807, 2.05) is 0 Å². The van der Waals surface area contributed by atoms with Crippen LogP contribution in [0.15, 0.2) is 6.07 Å². The van der Waals surface area contributed by atoms with E-state index in [0.29, 0.717) is 11.1 Å². The van der Waals surface area contributed by atoms with Crippen LogP contribution in [0, 0.1) is 6.92 Å². The number of nitrogens with two attached hydrogens (primary N) is 2. The van der Waals surface area contributed by atoms with Crippen LogP contribution in [0.5, 0.6) is 11.5 Å². The van der Waals surface area contributed by atoms with E-state index < -0.39 is 32.3 Å². The molecule has 23 heavy (non-hydrogen) atoms. The minimum absolute atomic E-state index is 0.0561. The maximum absolute atomic E-state index is 12.1. The van der Waals surface area contributed by atoms with Gasteiger partial charge in [0.05, 0.1) is 11.7 Å². The highest BCUT2D eigenvalue weighted by molar-refractivity contribution is 7.89. The third kappa shape index (κ3) is 3.09. The van der Waals surface area contributed by atoms with Gasteiger partial charge in [-0.25, -0.2) is 8.42 Å². The van der Waals surface area contributed by atoms with Gasteiger partial charge in [0, 0.05) is 23.7 Å². The molecule has 4 N–H and O–H groups in total. The second-order valence-corrected chi connectivity index (χ2v) is 8.18. The Kier molecular flexibility index (Phi) is 4.50. The first-order valence-electron chi connectivity index (χ1n) is 6.80. The van der Waals surface area contributed by atoms with Crippen LogP contribution in [-0.2, 0) is 20.4 Å². The van der Waals surface area contributed by atoms with E-state index in [1.54, 1.807) is 20.8 Å². The fourth-order valence-corrected chi connectivity index (χ4v) is 4.68. The highest BCUT2D eigenvalue weighted by Crippen LogP contribution is 2.44. The lowest BCUT2D eigenvalue weighted by atomic mass is 9.99. The summed E-state index contributed by atoms with van der Waals surface area (Å²) in [6, 6.07) is 0.599. The molecule has 0 radical (unpaired) electrons. The molecule has 1 aromatic carbocycles. The van der Waals surface area contributed by atoms with E-state index in [4.69, 9.17) is 19.8 Å². The van der Waals surface area contributed by atoms with Gasteiger partial charge in [-0.3, -0.25) is 0 Å². The number of fused-ring (bicyclic) bond motifs is 4. The van der Waals surface area contributed by atoms with Gasteiger partial charge in [-0.15, -0.1) is 8.42 Å². The van der Waals surface area contributed by atoms with Gasteiger partial charge in [-0.1, -0.05) is 6.92 Å². The third-order valence-corrected chi connectivity index (χ3v) is 6.13. The Morgan fingerprint density at radius 1 is 1.35 bits per heavy atom. The SMILES string of the molecule is CCN(C(C)c1c2cc(N)c(c1C)OS(=O)(=O)O2)S(=O)(=O)CN. The topological polar surface area (TPSA) is 142 Å². The smallest absolute Gasteiger partial charge is 0.396 e. The predicted octanol–water partition coefficient (Wildman–Crippen LogP) is 0.222. The van der Waals surface area contributed by atoms with Gasteiger partial charge in [-0.2, -0.15) is 4.31 Å². The standard InChI is InChI=1S/C12H19N3O6S2/c1-4-15(22(16,17)6-13)8(3)11-7(2)12-9(14)5-10(11)20-23(18,19)21-12/h5,8H,4,6,13-14H2,1-3H3. The molecule has 1 aromatic rings. The Labute approximate surface area is 135 Å². The van der Waals surface area contributed by atoms with E-state index in [0.717, 1.165) is 0 Å². The normalized spacial score (nSPS) is 17.4. The van der Waals surface area contributed by atoms with Crippen molar-refractivity contribution in [3.8, 4) is 11.5 Å². The van der Waals surface area contributed by atoms with Crippen molar-refractivity contribution in [1.82, 2.24) is 4.31 Å². The monoisotopic (exact) mass is 365 g/mol. The molecule has 0 saturated carbocycles. The van der Waals surface area contributed by atoms with Crippen LogP contribution >= 0.6 is 0 Å². The van der Waals surface area contributed by atoms with Crippen LogP contribution in [0.3, 0.4) is 0 Å². The maximum atomic E-state index is 12.1. The Morgan fingerprint density at radius 3 is 2.48 bits per heavy atom. The van der Waals surface area contributed by atoms with Crippen molar-refractivity contribution >= 4 is 26.1 Å². The first-order chi connectivity index (χ1) is 10.5. The van der Waals surface area contributed by atoms with Crippen LogP contribution in [0.25, 0.3) is 0 Å². The minimum atomic E-state index is -4.30. The minimum Gasteiger partial charge on any atom is -0.396 e. The zero-order chi connectivity index (χ0) is 17.6. The van der Waals surface area contributed by atoms with Crippen molar-refractivity contribution in [2.75, 3.05) is 18.2 Å². The van der Waals surface area contributed by atoms with E-state index in [-0.39, 0.29) is 23.7 Å². The molecule has 0 saturated heterocycles. The molecular weight excluding hydrogens is 346 g/mol. The predicted molar refractivity (Wildman–Crippen MR) is 84.5 cm³/mol. The van der Waals surface area contributed by atoms with Crippen LogP contribution in [-0.4, -0.2) is 33.6 Å². The molecule has 130 valence electrons. The first kappa shape index (κ1) is 17.8. The van der Waals surface area contributed by atoms with Crippen molar-refractivity contribution in [2.24, 2.45) is 5.73 Å². The van der Waals surface area contributed by atoms with Gasteiger partial charge in [0.25, 0.3) is 0 Å². The number of rotatable bonds is 5. The van der Waals surface area contributed by atoms with Gasteiger partial charge in [0.15, 0.2) is 11.5 Å². The lowest BCUT2D eigenvalue weighted by Gasteiger charge is -2.28. The highest BCUT2D eigenvalue weighted by atomic mass is 32.3. The number of hydrogen-bond acceptors (Lipinski definition) is 8. The first-order valence-corrected chi connectivity index (χ1v) is 9.74. The molecule has 2 aliphatic rings. The molecule has 2 aliphatic heterocycles. The average molecular weight is 365 g/mol. The van der Waals surface area contributed by atoms with Crippen molar-refractivity contribution in [2.45, 2.75) is 26.8 Å². The summed E-state index contributed by atoms with van der Waals surface area (Å²) in [5, 5.41) is 0. The molecule has 2 bridgehead atoms. The summed E-state index contributed by atoms with van der Waals surface area (Å²) in [7, 11) is -8.00. The number of hydrogen-bond donors (Lipinski definition) is 2. The second kappa shape index (κ2) is 5.82. The van der Waals surface area contributed by atoms with Crippen LogP contribution in [0.2, 0.25) is 0 Å². The molecule has 0 spiro atoms. The number of nitrogens with zero attached hydrogens (tertiary/aromatic N) is 1. The Balaban J connectivity index is 2.66. The summed E-state index contributed by atoms with van der Waals surface area (Å²) in [4.78, 5) is 0. The summed E-state index contributed by atoms with van der Waals surface area (Å²) < 4.78 is 58.6. The fourth-order valence-electron chi connectivity index (χ4n) is 2.69. The Bertz CT molecular complexity index is 835. The quantitative estimate of drug-likeness (QED) is 0.706. The molecule has 11 heteroatoms. The molecule has 0 aliphatic carbocycles. The van der Waals surface area contributed by atoms with Crippen molar-refractivity contribution in [3.05, 3.63) is 17.2 Å². The van der Waals surface area contributed by atoms with Crippen molar-refractivity contribution < 1.29 is 25.2 Å². The summed E-state index contributed by atoms with van der Waals surface area (Å²) in [5.74, 6) is -0.675. The molecule has 1 atom stereocenters. The number of anilines is 1. The largest absolute Gasteiger partial charge is 0.501 e. The van der Waals surface area contributed by atoms with Gasteiger partial charge >= 0.3 is 10.4 Å². The molecule has 0 aromatic heterocycles. The molecular formula is C12H19N3O6S2. The summed E-state index contributed by atoms with van der Waals surface area (Å²) in [5.41, 5.74) is 11.9. The van der Waals surface area contributed by atoms with E-state index in [1.165, 1.54) is 10.4 Å². The van der Waals surface area contributed by atoms with E-state index in [9.17, 15) is 16.8 Å². The summed E-state index contributed by atoms with van der Waals surface area (Å²) in [6.45, 7) is 5.02. The molecule has 9 nitrogen and oxygen atoms in total. The fraction of sp³-hybridized carbons (Fsp3) is 0.500. The Hall–Kier alpha value is -1.56. The van der Waals surface area contributed by atoms with Crippen LogP contribution < -0.4 is 19.8 Å². The van der Waals surface area contributed by atoms with E-state index in [2.05, 4.69) is 0 Å². The zero-order valence-corrected chi connectivity index (χ0v) is 14.6. The lowest BCUT2D eigenvalue weighted by molar-refractivity contribution is 0.350. The zero-order valence-electron chi connectivity index (χ0n) is 12.9. The van der Waals surface area contributed by atoms with E-state index >= 15 is 0 Å². The van der Waals surface area contributed by atoms with Crippen LogP contribution in [0.4, 0.5) is 5.69 Å². The molecule has 3 rings (SSSR count). The van der Waals surface area contributed by atoms with Crippen molar-refractivity contribution in [1.29, 1.82) is 0 Å². The van der Waals surface area contributed by atoms with Gasteiger partial charge in [-0.05, 0) is 13.8 Å². The number of sulfonamides is 1. The lowest BCUT2D eigenvalue weighted by Crippen LogP contribution is -2.37. The number of nitrogen functional groups attached to an aromatic ring is 1. The summed E-state index contributed by atoms with van der Waals surface area (Å²) in [6.07, 6.45) is 0. The van der Waals surface area contributed by atoms with Gasteiger partial charge in [0.1, 0.15) is 5.88 Å². The molecule has 1 unspecified atom stereocenters. The summed E-state index contributed by atoms with van der Waals surface area (Å²) >= 11 is 0. The average Bonchev–Trinajstić information content (AvgIpc) is 2.60. The number of benzene rings is 1. The molecule has 0 fully saturated rings. The Morgan fingerprint density at radius 2 is 1.96 bits per heavy atom. The van der Waals surface area contributed by atoms with Gasteiger partial charge < -0.3 is 19.8 Å². The van der Waals surface area contributed by atoms with Crippen LogP contribution in [0.1, 0.15) is 31.0 Å².